The number of nitrogens with one attached hydrogen (secondary N) is 1. The third-order valence-corrected chi connectivity index (χ3v) is 6.37. The van der Waals surface area contributed by atoms with Crippen LogP contribution in [-0.4, -0.2) is 11.0 Å². The van der Waals surface area contributed by atoms with Crippen molar-refractivity contribution >= 4 is 0 Å². The van der Waals surface area contributed by atoms with Gasteiger partial charge in [0.25, 0.3) is 0 Å². The molecule has 0 saturated heterocycles. The average Bonchev–Trinajstić information content (AvgIpc) is 2.59. The van der Waals surface area contributed by atoms with Gasteiger partial charge in [0.1, 0.15) is 0 Å². The molecule has 0 bridgehead atoms. The highest BCUT2D eigenvalue weighted by Gasteiger charge is 2.45. The molecule has 118 valence electrons. The predicted molar refractivity (Wildman–Crippen MR) is 92.5 cm³/mol. The molecular weight excluding hydrogens is 280 g/mol. The fourth-order valence-electron chi connectivity index (χ4n) is 5.14. The number of aryl methyl sites for hydroxylation is 2. The van der Waals surface area contributed by atoms with E-state index >= 15 is 0 Å². The molecule has 4 atom stereocenters. The third-order valence-electron chi connectivity index (χ3n) is 6.37. The Morgan fingerprint density at radius 3 is 2.87 bits per heavy atom. The van der Waals surface area contributed by atoms with Crippen molar-refractivity contribution in [1.82, 2.24) is 10.3 Å². The van der Waals surface area contributed by atoms with Gasteiger partial charge in [-0.2, -0.15) is 0 Å². The summed E-state index contributed by atoms with van der Waals surface area (Å²) in [5, 5.41) is 4.00. The summed E-state index contributed by atoms with van der Waals surface area (Å²) in [5.74, 6) is 1.64. The van der Waals surface area contributed by atoms with Crippen molar-refractivity contribution < 1.29 is 0 Å². The summed E-state index contributed by atoms with van der Waals surface area (Å²) in [6.07, 6.45) is 9.56. The molecule has 1 fully saturated rings. The van der Waals surface area contributed by atoms with Crippen molar-refractivity contribution in [2.45, 2.75) is 56.5 Å². The van der Waals surface area contributed by atoms with Crippen LogP contribution in [-0.2, 0) is 12.8 Å². The van der Waals surface area contributed by atoms with Gasteiger partial charge in [-0.05, 0) is 73.1 Å². The van der Waals surface area contributed by atoms with E-state index in [4.69, 9.17) is 0 Å². The first-order valence-electron chi connectivity index (χ1n) is 9.18. The van der Waals surface area contributed by atoms with Crippen molar-refractivity contribution in [2.75, 3.05) is 0 Å². The molecule has 0 spiro atoms. The molecule has 3 aliphatic carbocycles. The van der Waals surface area contributed by atoms with Crippen LogP contribution < -0.4 is 5.32 Å². The molecule has 2 heteroatoms. The minimum Gasteiger partial charge on any atom is -0.307 e. The molecule has 3 aliphatic rings. The van der Waals surface area contributed by atoms with Crippen LogP contribution in [0.5, 0.6) is 0 Å². The third kappa shape index (κ3) is 2.23. The molecule has 0 aliphatic heterocycles. The lowest BCUT2D eigenvalue weighted by Gasteiger charge is -2.50. The van der Waals surface area contributed by atoms with Crippen LogP contribution in [0.1, 0.15) is 60.0 Å². The number of aromatic nitrogens is 1. The van der Waals surface area contributed by atoms with Crippen LogP contribution in [0.3, 0.4) is 0 Å². The Labute approximate surface area is 138 Å². The molecule has 1 saturated carbocycles. The number of benzene rings is 1. The molecule has 2 nitrogen and oxygen atoms in total. The lowest BCUT2D eigenvalue weighted by atomic mass is 9.60. The van der Waals surface area contributed by atoms with Crippen LogP contribution in [0.4, 0.5) is 0 Å². The summed E-state index contributed by atoms with van der Waals surface area (Å²) >= 11 is 0. The molecule has 1 N–H and O–H groups in total. The summed E-state index contributed by atoms with van der Waals surface area (Å²) in [4.78, 5) is 4.59. The van der Waals surface area contributed by atoms with Gasteiger partial charge in [-0.15, -0.1) is 0 Å². The lowest BCUT2D eigenvalue weighted by Crippen LogP contribution is -2.52. The van der Waals surface area contributed by atoms with E-state index in [2.05, 4.69) is 46.7 Å². The van der Waals surface area contributed by atoms with E-state index < -0.39 is 0 Å². The number of hydrogen-bond donors (Lipinski definition) is 1. The van der Waals surface area contributed by atoms with Gasteiger partial charge >= 0.3 is 0 Å². The fourth-order valence-corrected chi connectivity index (χ4v) is 5.14. The Hall–Kier alpha value is -1.67. The Morgan fingerprint density at radius 1 is 0.957 bits per heavy atom. The SMILES string of the molecule is c1ccc2c(c1)CCC1C(NC3CCCc4ncccc43)CC21. The molecule has 1 aromatic heterocycles. The van der Waals surface area contributed by atoms with E-state index in [1.54, 1.807) is 11.1 Å². The Bertz CT molecular complexity index is 723. The van der Waals surface area contributed by atoms with Crippen LogP contribution >= 0.6 is 0 Å². The Morgan fingerprint density at radius 2 is 1.87 bits per heavy atom. The van der Waals surface area contributed by atoms with Gasteiger partial charge in [-0.1, -0.05) is 30.3 Å². The van der Waals surface area contributed by atoms with Crippen molar-refractivity contribution in [3.63, 3.8) is 0 Å². The molecule has 1 aromatic carbocycles. The minimum atomic E-state index is 0.524. The van der Waals surface area contributed by atoms with Gasteiger partial charge in [0.2, 0.25) is 0 Å². The monoisotopic (exact) mass is 304 g/mol. The summed E-state index contributed by atoms with van der Waals surface area (Å²) < 4.78 is 0. The number of hydrogen-bond acceptors (Lipinski definition) is 2. The van der Waals surface area contributed by atoms with E-state index in [1.807, 2.05) is 6.20 Å². The molecule has 23 heavy (non-hydrogen) atoms. The van der Waals surface area contributed by atoms with E-state index in [0.29, 0.717) is 12.1 Å². The van der Waals surface area contributed by atoms with E-state index in [9.17, 15) is 0 Å². The second kappa shape index (κ2) is 5.45. The molecule has 5 rings (SSSR count). The van der Waals surface area contributed by atoms with Crippen molar-refractivity contribution in [3.8, 4) is 0 Å². The van der Waals surface area contributed by atoms with Gasteiger partial charge in [0.05, 0.1) is 0 Å². The second-order valence-electron chi connectivity index (χ2n) is 7.50. The quantitative estimate of drug-likeness (QED) is 0.901. The largest absolute Gasteiger partial charge is 0.307 e. The summed E-state index contributed by atoms with van der Waals surface area (Å²) in [6, 6.07) is 14.7. The Balaban J connectivity index is 1.33. The normalized spacial score (nSPS) is 31.5. The zero-order valence-corrected chi connectivity index (χ0v) is 13.5. The fraction of sp³-hybridized carbons (Fsp3) is 0.476. The average molecular weight is 304 g/mol. The minimum absolute atomic E-state index is 0.524. The van der Waals surface area contributed by atoms with Gasteiger partial charge < -0.3 is 5.32 Å². The lowest BCUT2D eigenvalue weighted by molar-refractivity contribution is 0.128. The topological polar surface area (TPSA) is 24.9 Å². The molecule has 0 amide bonds. The Kier molecular flexibility index (Phi) is 3.26. The smallest absolute Gasteiger partial charge is 0.0451 e. The summed E-state index contributed by atoms with van der Waals surface area (Å²) in [6.45, 7) is 0. The summed E-state index contributed by atoms with van der Waals surface area (Å²) in [5.41, 5.74) is 6.01. The number of nitrogens with zero attached hydrogens (tertiary/aromatic N) is 1. The highest BCUT2D eigenvalue weighted by molar-refractivity contribution is 5.37. The first kappa shape index (κ1) is 13.7. The van der Waals surface area contributed by atoms with Gasteiger partial charge in [0.15, 0.2) is 0 Å². The zero-order valence-electron chi connectivity index (χ0n) is 13.5. The first-order valence-corrected chi connectivity index (χ1v) is 9.18. The highest BCUT2D eigenvalue weighted by atomic mass is 15.0. The van der Waals surface area contributed by atoms with Crippen LogP contribution in [0, 0.1) is 5.92 Å². The maximum absolute atomic E-state index is 4.59. The maximum atomic E-state index is 4.59. The standard InChI is InChI=1S/C21H24N2/c1-2-6-15-14(5-1)10-11-16-18(15)13-21(16)23-20-9-3-8-19-17(20)7-4-12-22-19/h1-2,4-7,12,16,18,20-21,23H,3,8-11,13H2. The number of pyridine rings is 1. The van der Waals surface area contributed by atoms with Crippen molar-refractivity contribution in [1.29, 1.82) is 0 Å². The molecule has 4 unspecified atom stereocenters. The number of rotatable bonds is 2. The van der Waals surface area contributed by atoms with Gasteiger partial charge in [-0.3, -0.25) is 4.98 Å². The molecule has 0 radical (unpaired) electrons. The highest BCUT2D eigenvalue weighted by Crippen LogP contribution is 2.50. The summed E-state index contributed by atoms with van der Waals surface area (Å²) in [7, 11) is 0. The number of fused-ring (bicyclic) bond motifs is 4. The van der Waals surface area contributed by atoms with E-state index in [1.165, 1.54) is 43.4 Å². The zero-order chi connectivity index (χ0) is 15.2. The maximum Gasteiger partial charge on any atom is 0.0451 e. The van der Waals surface area contributed by atoms with Gasteiger partial charge in [-0.25, -0.2) is 0 Å². The molecular formula is C21H24N2. The first-order chi connectivity index (χ1) is 11.4. The predicted octanol–water partition coefficient (Wildman–Crippen LogP) is 4.17. The van der Waals surface area contributed by atoms with Crippen molar-refractivity contribution in [2.24, 2.45) is 5.92 Å². The van der Waals surface area contributed by atoms with Crippen LogP contribution in [0.25, 0.3) is 0 Å². The van der Waals surface area contributed by atoms with Crippen LogP contribution in [0.15, 0.2) is 42.6 Å². The van der Waals surface area contributed by atoms with E-state index in [0.717, 1.165) is 18.3 Å². The molecule has 2 aromatic rings. The van der Waals surface area contributed by atoms with Gasteiger partial charge in [0, 0.05) is 24.0 Å². The second-order valence-corrected chi connectivity index (χ2v) is 7.50. The van der Waals surface area contributed by atoms with Crippen molar-refractivity contribution in [3.05, 3.63) is 65.0 Å². The molecule has 1 heterocycles. The van der Waals surface area contributed by atoms with Crippen LogP contribution in [0.2, 0.25) is 0 Å². The van der Waals surface area contributed by atoms with E-state index in [-0.39, 0.29) is 0 Å².